The van der Waals surface area contributed by atoms with Gasteiger partial charge in [0.05, 0.1) is 0 Å². The fourth-order valence-corrected chi connectivity index (χ4v) is 2.55. The molecule has 1 aromatic heterocycles. The number of carbonyl (C=O) groups is 1. The van der Waals surface area contributed by atoms with Crippen molar-refractivity contribution < 1.29 is 4.79 Å². The number of primary amides is 1. The monoisotopic (exact) mass is 217 g/mol. The van der Waals surface area contributed by atoms with Gasteiger partial charge < -0.3 is 11.1 Å². The van der Waals surface area contributed by atoms with Crippen LogP contribution in [0.3, 0.4) is 0 Å². The number of nitrogens with zero attached hydrogens (tertiary/aromatic N) is 1. The van der Waals surface area contributed by atoms with E-state index in [0.717, 1.165) is 15.8 Å². The topological polar surface area (TPSA) is 68.0 Å². The van der Waals surface area contributed by atoms with Crippen molar-refractivity contribution in [3.63, 3.8) is 0 Å². The Morgan fingerprint density at radius 2 is 2.46 bits per heavy atom. The van der Waals surface area contributed by atoms with Crippen molar-refractivity contribution in [2.75, 3.05) is 18.1 Å². The van der Waals surface area contributed by atoms with Crippen molar-refractivity contribution >= 4 is 34.2 Å². The Bertz CT molecular complexity index is 311. The zero-order chi connectivity index (χ0) is 9.84. The standard InChI is InChI=1S/C7H11N3OS2/c1-3-12-7-4(5(8)11)6(9-2)13-10-7/h9H,3H2,1-2H3,(H2,8,11). The molecule has 0 saturated carbocycles. The summed E-state index contributed by atoms with van der Waals surface area (Å²) in [5.41, 5.74) is 5.75. The van der Waals surface area contributed by atoms with Gasteiger partial charge in [-0.15, -0.1) is 11.8 Å². The van der Waals surface area contributed by atoms with Crippen molar-refractivity contribution in [2.45, 2.75) is 11.9 Å². The molecule has 72 valence electrons. The molecular weight excluding hydrogens is 206 g/mol. The van der Waals surface area contributed by atoms with Crippen LogP contribution in [0.5, 0.6) is 0 Å². The average Bonchev–Trinajstić information content (AvgIpc) is 2.48. The maximum absolute atomic E-state index is 11.1. The van der Waals surface area contributed by atoms with Gasteiger partial charge in [0.2, 0.25) is 0 Å². The Morgan fingerprint density at radius 1 is 1.77 bits per heavy atom. The second-order valence-electron chi connectivity index (χ2n) is 2.24. The Labute approximate surface area is 85.1 Å². The maximum atomic E-state index is 11.1. The average molecular weight is 217 g/mol. The maximum Gasteiger partial charge on any atom is 0.254 e. The molecule has 0 spiro atoms. The van der Waals surface area contributed by atoms with Crippen molar-refractivity contribution in [2.24, 2.45) is 5.73 Å². The van der Waals surface area contributed by atoms with Crippen LogP contribution in [0.15, 0.2) is 5.03 Å². The Balaban J connectivity index is 3.06. The van der Waals surface area contributed by atoms with E-state index >= 15 is 0 Å². The molecule has 1 rings (SSSR count). The molecule has 0 aliphatic heterocycles. The summed E-state index contributed by atoms with van der Waals surface area (Å²) in [6, 6.07) is 0. The highest BCUT2D eigenvalue weighted by atomic mass is 32.2. The number of thioether (sulfide) groups is 1. The number of aromatic nitrogens is 1. The Hall–Kier alpha value is -0.750. The van der Waals surface area contributed by atoms with Crippen molar-refractivity contribution in [3.05, 3.63) is 5.56 Å². The van der Waals surface area contributed by atoms with Crippen molar-refractivity contribution in [1.29, 1.82) is 0 Å². The fourth-order valence-electron chi connectivity index (χ4n) is 0.899. The largest absolute Gasteiger partial charge is 0.378 e. The molecule has 0 bridgehead atoms. The first kappa shape index (κ1) is 10.3. The lowest BCUT2D eigenvalue weighted by Crippen LogP contribution is -2.12. The zero-order valence-electron chi connectivity index (χ0n) is 7.46. The Kier molecular flexibility index (Phi) is 3.56. The van der Waals surface area contributed by atoms with E-state index in [1.54, 1.807) is 7.05 Å². The van der Waals surface area contributed by atoms with Gasteiger partial charge in [0.1, 0.15) is 15.6 Å². The summed E-state index contributed by atoms with van der Waals surface area (Å²) >= 11 is 2.79. The number of hydrogen-bond donors (Lipinski definition) is 2. The first-order chi connectivity index (χ1) is 6.20. The molecule has 13 heavy (non-hydrogen) atoms. The quantitative estimate of drug-likeness (QED) is 0.748. The van der Waals surface area contributed by atoms with E-state index in [9.17, 15) is 4.79 Å². The molecule has 0 aliphatic carbocycles. The summed E-state index contributed by atoms with van der Waals surface area (Å²) in [7, 11) is 1.75. The van der Waals surface area contributed by atoms with Crippen LogP contribution in [0, 0.1) is 0 Å². The minimum atomic E-state index is -0.422. The molecule has 1 amide bonds. The smallest absolute Gasteiger partial charge is 0.254 e. The summed E-state index contributed by atoms with van der Waals surface area (Å²) < 4.78 is 4.14. The van der Waals surface area contributed by atoms with Crippen LogP contribution in [0.2, 0.25) is 0 Å². The predicted octanol–water partition coefficient (Wildman–Crippen LogP) is 1.40. The van der Waals surface area contributed by atoms with Crippen LogP contribution in [0.4, 0.5) is 5.00 Å². The second-order valence-corrected chi connectivity index (χ2v) is 4.27. The van der Waals surface area contributed by atoms with Gasteiger partial charge >= 0.3 is 0 Å². The fraction of sp³-hybridized carbons (Fsp3) is 0.429. The SMILES string of the molecule is CCSc1nsc(NC)c1C(N)=O. The first-order valence-electron chi connectivity index (χ1n) is 3.80. The highest BCUT2D eigenvalue weighted by Gasteiger charge is 2.17. The molecule has 3 N–H and O–H groups in total. The van der Waals surface area contributed by atoms with Gasteiger partial charge in [0, 0.05) is 7.05 Å². The highest BCUT2D eigenvalue weighted by Crippen LogP contribution is 2.30. The van der Waals surface area contributed by atoms with Crippen LogP contribution in [0.25, 0.3) is 0 Å². The van der Waals surface area contributed by atoms with Gasteiger partial charge in [-0.1, -0.05) is 6.92 Å². The van der Waals surface area contributed by atoms with Gasteiger partial charge in [-0.3, -0.25) is 4.79 Å². The summed E-state index contributed by atoms with van der Waals surface area (Å²) in [5, 5.41) is 4.36. The third-order valence-corrected chi connectivity index (χ3v) is 3.25. The molecule has 0 unspecified atom stereocenters. The van der Waals surface area contributed by atoms with Crippen LogP contribution in [-0.2, 0) is 0 Å². The van der Waals surface area contributed by atoms with Crippen molar-refractivity contribution in [3.8, 4) is 0 Å². The normalized spacial score (nSPS) is 10.0. The lowest BCUT2D eigenvalue weighted by atomic mass is 10.3. The molecular formula is C7H11N3OS2. The molecule has 6 heteroatoms. The van der Waals surface area contributed by atoms with E-state index in [-0.39, 0.29) is 0 Å². The summed E-state index contributed by atoms with van der Waals surface area (Å²) in [4.78, 5) is 11.1. The highest BCUT2D eigenvalue weighted by molar-refractivity contribution is 7.99. The predicted molar refractivity (Wildman–Crippen MR) is 56.6 cm³/mol. The van der Waals surface area contributed by atoms with E-state index in [4.69, 9.17) is 5.73 Å². The van der Waals surface area contributed by atoms with E-state index in [1.807, 2.05) is 6.92 Å². The molecule has 0 radical (unpaired) electrons. The number of anilines is 1. The first-order valence-corrected chi connectivity index (χ1v) is 5.56. The molecule has 1 heterocycles. The van der Waals surface area contributed by atoms with Gasteiger partial charge in [0.25, 0.3) is 5.91 Å². The number of carbonyl (C=O) groups excluding carboxylic acids is 1. The van der Waals surface area contributed by atoms with Crippen LogP contribution in [-0.4, -0.2) is 23.1 Å². The lowest BCUT2D eigenvalue weighted by Gasteiger charge is -1.98. The number of rotatable bonds is 4. The van der Waals surface area contributed by atoms with Crippen LogP contribution >= 0.6 is 23.3 Å². The van der Waals surface area contributed by atoms with E-state index in [1.165, 1.54) is 23.3 Å². The van der Waals surface area contributed by atoms with E-state index < -0.39 is 5.91 Å². The molecule has 0 saturated heterocycles. The minimum absolute atomic E-state index is 0.422. The van der Waals surface area contributed by atoms with Crippen molar-refractivity contribution in [1.82, 2.24) is 4.37 Å². The lowest BCUT2D eigenvalue weighted by molar-refractivity contribution is 0.0998. The molecule has 0 aromatic carbocycles. The third kappa shape index (κ3) is 2.13. The van der Waals surface area contributed by atoms with E-state index in [2.05, 4.69) is 9.69 Å². The van der Waals surface area contributed by atoms with Gasteiger partial charge in [0.15, 0.2) is 0 Å². The van der Waals surface area contributed by atoms with E-state index in [0.29, 0.717) is 5.56 Å². The zero-order valence-corrected chi connectivity index (χ0v) is 9.09. The molecule has 1 aromatic rings. The second kappa shape index (κ2) is 4.48. The molecule has 0 aliphatic rings. The molecule has 4 nitrogen and oxygen atoms in total. The third-order valence-electron chi connectivity index (χ3n) is 1.42. The Morgan fingerprint density at radius 3 is 2.92 bits per heavy atom. The number of nitrogens with two attached hydrogens (primary N) is 1. The van der Waals surface area contributed by atoms with Crippen LogP contribution < -0.4 is 11.1 Å². The number of nitrogens with one attached hydrogen (secondary N) is 1. The minimum Gasteiger partial charge on any atom is -0.378 e. The summed E-state index contributed by atoms with van der Waals surface area (Å²) in [5.74, 6) is 0.460. The number of hydrogen-bond acceptors (Lipinski definition) is 5. The van der Waals surface area contributed by atoms with Gasteiger partial charge in [-0.25, -0.2) is 0 Å². The molecule has 0 fully saturated rings. The molecule has 0 atom stereocenters. The van der Waals surface area contributed by atoms with Gasteiger partial charge in [-0.2, -0.15) is 4.37 Å². The summed E-state index contributed by atoms with van der Waals surface area (Å²) in [6.07, 6.45) is 0. The summed E-state index contributed by atoms with van der Waals surface area (Å²) in [6.45, 7) is 2.01. The number of amides is 1. The van der Waals surface area contributed by atoms with Gasteiger partial charge in [-0.05, 0) is 17.3 Å². The van der Waals surface area contributed by atoms with Crippen LogP contribution in [0.1, 0.15) is 17.3 Å².